The Kier molecular flexibility index (Phi) is 3.44. The number of carbonyl (C=O) groups excluding carboxylic acids is 1. The molecule has 0 atom stereocenters. The lowest BCUT2D eigenvalue weighted by molar-refractivity contribution is 0.0944. The van der Waals surface area contributed by atoms with Crippen molar-refractivity contribution in [2.45, 2.75) is 25.7 Å². The fraction of sp³-hybridized carbons (Fsp3) is 0.462. The van der Waals surface area contributed by atoms with Crippen LogP contribution in [0.3, 0.4) is 0 Å². The molecule has 2 rings (SSSR count). The maximum atomic E-state index is 11.8. The van der Waals surface area contributed by atoms with Crippen LogP contribution in [0.2, 0.25) is 0 Å². The number of aromatic hydroxyl groups is 1. The third kappa shape index (κ3) is 2.54. The van der Waals surface area contributed by atoms with Gasteiger partial charge in [-0.15, -0.1) is 0 Å². The van der Waals surface area contributed by atoms with Gasteiger partial charge in [0.15, 0.2) is 0 Å². The van der Waals surface area contributed by atoms with Crippen LogP contribution in [0.25, 0.3) is 0 Å². The van der Waals surface area contributed by atoms with Gasteiger partial charge in [0.1, 0.15) is 5.75 Å². The number of hydrogen-bond acceptors (Lipinski definition) is 2. The van der Waals surface area contributed by atoms with E-state index in [1.54, 1.807) is 18.2 Å². The van der Waals surface area contributed by atoms with Crippen molar-refractivity contribution in [1.82, 2.24) is 5.32 Å². The molecule has 0 bridgehead atoms. The second-order valence-electron chi connectivity index (χ2n) is 4.38. The van der Waals surface area contributed by atoms with E-state index in [4.69, 9.17) is 0 Å². The van der Waals surface area contributed by atoms with E-state index in [9.17, 15) is 9.90 Å². The van der Waals surface area contributed by atoms with Crippen LogP contribution in [0.1, 0.15) is 36.0 Å². The summed E-state index contributed by atoms with van der Waals surface area (Å²) in [5.74, 6) is 0.492. The van der Waals surface area contributed by atoms with Crippen molar-refractivity contribution in [3.05, 3.63) is 29.8 Å². The van der Waals surface area contributed by atoms with Crippen LogP contribution < -0.4 is 5.32 Å². The van der Waals surface area contributed by atoms with Crippen LogP contribution in [0.15, 0.2) is 24.3 Å². The highest BCUT2D eigenvalue weighted by Crippen LogP contribution is 2.24. The highest BCUT2D eigenvalue weighted by Gasteiger charge is 2.17. The molecule has 1 aliphatic carbocycles. The lowest BCUT2D eigenvalue weighted by atomic mass is 10.1. The molecule has 1 aromatic rings. The van der Waals surface area contributed by atoms with E-state index in [1.165, 1.54) is 31.7 Å². The van der Waals surface area contributed by atoms with E-state index >= 15 is 0 Å². The van der Waals surface area contributed by atoms with Gasteiger partial charge in [0.25, 0.3) is 5.91 Å². The summed E-state index contributed by atoms with van der Waals surface area (Å²) in [5.41, 5.74) is 0.362. The summed E-state index contributed by atoms with van der Waals surface area (Å²) < 4.78 is 0. The van der Waals surface area contributed by atoms with E-state index in [2.05, 4.69) is 5.32 Å². The molecule has 0 radical (unpaired) electrons. The van der Waals surface area contributed by atoms with Crippen LogP contribution in [0.5, 0.6) is 5.75 Å². The molecular formula is C13H17NO2. The van der Waals surface area contributed by atoms with Crippen molar-refractivity contribution in [3.8, 4) is 5.75 Å². The van der Waals surface area contributed by atoms with Crippen LogP contribution in [-0.2, 0) is 0 Å². The number of rotatable bonds is 3. The highest BCUT2D eigenvalue weighted by molar-refractivity contribution is 5.96. The summed E-state index contributed by atoms with van der Waals surface area (Å²) in [6.45, 7) is 0.729. The van der Waals surface area contributed by atoms with Gasteiger partial charge in [-0.1, -0.05) is 25.0 Å². The van der Waals surface area contributed by atoms with Gasteiger partial charge in [-0.2, -0.15) is 0 Å². The molecule has 3 nitrogen and oxygen atoms in total. The molecule has 3 heteroatoms. The molecule has 2 N–H and O–H groups in total. The Morgan fingerprint density at radius 2 is 2.00 bits per heavy atom. The van der Waals surface area contributed by atoms with Gasteiger partial charge < -0.3 is 10.4 Å². The minimum absolute atomic E-state index is 0.0476. The van der Waals surface area contributed by atoms with Crippen molar-refractivity contribution in [2.75, 3.05) is 6.54 Å². The average molecular weight is 219 g/mol. The minimum Gasteiger partial charge on any atom is -0.507 e. The molecule has 0 spiro atoms. The molecule has 1 fully saturated rings. The topological polar surface area (TPSA) is 49.3 Å². The predicted octanol–water partition coefficient (Wildman–Crippen LogP) is 2.31. The third-order valence-electron chi connectivity index (χ3n) is 3.17. The molecule has 0 aliphatic heterocycles. The highest BCUT2D eigenvalue weighted by atomic mass is 16.3. The van der Waals surface area contributed by atoms with Gasteiger partial charge in [-0.05, 0) is 30.9 Å². The quantitative estimate of drug-likeness (QED) is 0.819. The number of phenolic OH excluding ortho intramolecular Hbond substituents is 1. The first-order chi connectivity index (χ1) is 7.77. The summed E-state index contributed by atoms with van der Waals surface area (Å²) in [7, 11) is 0. The normalized spacial score (nSPS) is 16.2. The fourth-order valence-corrected chi connectivity index (χ4v) is 2.21. The summed E-state index contributed by atoms with van der Waals surface area (Å²) in [5, 5.41) is 12.4. The monoisotopic (exact) mass is 219 g/mol. The lowest BCUT2D eigenvalue weighted by Gasteiger charge is -2.11. The molecule has 86 valence electrons. The van der Waals surface area contributed by atoms with Crippen LogP contribution in [0, 0.1) is 5.92 Å². The number of carbonyl (C=O) groups is 1. The van der Waals surface area contributed by atoms with E-state index in [-0.39, 0.29) is 11.7 Å². The zero-order valence-electron chi connectivity index (χ0n) is 9.28. The van der Waals surface area contributed by atoms with E-state index in [0.29, 0.717) is 11.5 Å². The molecule has 1 aromatic carbocycles. The van der Waals surface area contributed by atoms with Gasteiger partial charge in [-0.25, -0.2) is 0 Å². The number of benzene rings is 1. The Morgan fingerprint density at radius 1 is 1.31 bits per heavy atom. The zero-order valence-corrected chi connectivity index (χ0v) is 9.28. The molecule has 16 heavy (non-hydrogen) atoms. The second kappa shape index (κ2) is 5.01. The second-order valence-corrected chi connectivity index (χ2v) is 4.38. The lowest BCUT2D eigenvalue weighted by Crippen LogP contribution is -2.28. The molecule has 0 aromatic heterocycles. The summed E-state index contributed by atoms with van der Waals surface area (Å²) in [6.07, 6.45) is 4.97. The van der Waals surface area contributed by atoms with Crippen LogP contribution >= 0.6 is 0 Å². The molecule has 1 saturated carbocycles. The van der Waals surface area contributed by atoms with Crippen molar-refractivity contribution in [3.63, 3.8) is 0 Å². The van der Waals surface area contributed by atoms with Gasteiger partial charge in [0, 0.05) is 6.54 Å². The minimum atomic E-state index is -0.176. The summed E-state index contributed by atoms with van der Waals surface area (Å²) in [6, 6.07) is 6.64. The zero-order chi connectivity index (χ0) is 11.4. The van der Waals surface area contributed by atoms with Crippen molar-refractivity contribution in [1.29, 1.82) is 0 Å². The van der Waals surface area contributed by atoms with Crippen LogP contribution in [0.4, 0.5) is 0 Å². The standard InChI is InChI=1S/C13H17NO2/c15-12-8-4-3-7-11(12)13(16)14-9-10-5-1-2-6-10/h3-4,7-8,10,15H,1-2,5-6,9H2,(H,14,16). The number of hydrogen-bond donors (Lipinski definition) is 2. The van der Waals surface area contributed by atoms with Gasteiger partial charge in [0.05, 0.1) is 5.56 Å². The summed E-state index contributed by atoms with van der Waals surface area (Å²) in [4.78, 5) is 11.8. The van der Waals surface area contributed by atoms with E-state index < -0.39 is 0 Å². The molecule has 1 amide bonds. The first-order valence-corrected chi connectivity index (χ1v) is 5.83. The Morgan fingerprint density at radius 3 is 2.69 bits per heavy atom. The Labute approximate surface area is 95.5 Å². The molecule has 1 aliphatic rings. The van der Waals surface area contributed by atoms with Gasteiger partial charge in [-0.3, -0.25) is 4.79 Å². The fourth-order valence-electron chi connectivity index (χ4n) is 2.21. The summed E-state index contributed by atoms with van der Waals surface area (Å²) >= 11 is 0. The Balaban J connectivity index is 1.90. The first-order valence-electron chi connectivity index (χ1n) is 5.83. The maximum absolute atomic E-state index is 11.8. The van der Waals surface area contributed by atoms with Crippen molar-refractivity contribution in [2.24, 2.45) is 5.92 Å². The van der Waals surface area contributed by atoms with Crippen LogP contribution in [-0.4, -0.2) is 17.6 Å². The predicted molar refractivity (Wildman–Crippen MR) is 62.4 cm³/mol. The molecular weight excluding hydrogens is 202 g/mol. The largest absolute Gasteiger partial charge is 0.507 e. The van der Waals surface area contributed by atoms with E-state index in [0.717, 1.165) is 6.54 Å². The number of amides is 1. The first kappa shape index (κ1) is 11.0. The maximum Gasteiger partial charge on any atom is 0.255 e. The van der Waals surface area contributed by atoms with Gasteiger partial charge in [0.2, 0.25) is 0 Å². The van der Waals surface area contributed by atoms with E-state index in [1.807, 2.05) is 0 Å². The SMILES string of the molecule is O=C(NCC1CCCC1)c1ccccc1O. The van der Waals surface area contributed by atoms with Crippen molar-refractivity contribution < 1.29 is 9.90 Å². The average Bonchev–Trinajstić information content (AvgIpc) is 2.79. The Bertz CT molecular complexity index is 370. The molecule has 0 unspecified atom stereocenters. The molecule has 0 saturated heterocycles. The molecule has 0 heterocycles. The smallest absolute Gasteiger partial charge is 0.255 e. The van der Waals surface area contributed by atoms with Gasteiger partial charge >= 0.3 is 0 Å². The number of phenols is 1. The number of nitrogens with one attached hydrogen (secondary N) is 1. The third-order valence-corrected chi connectivity index (χ3v) is 3.17. The van der Waals surface area contributed by atoms with Crippen molar-refractivity contribution >= 4 is 5.91 Å². The number of para-hydroxylation sites is 1. The Hall–Kier alpha value is -1.51.